The van der Waals surface area contributed by atoms with E-state index in [2.05, 4.69) is 15.3 Å². The molecule has 0 fully saturated rings. The first-order valence-electron chi connectivity index (χ1n) is 9.20. The highest BCUT2D eigenvalue weighted by atomic mass is 32.1. The Balaban J connectivity index is 0.000000254. The molecule has 0 spiro atoms. The summed E-state index contributed by atoms with van der Waals surface area (Å²) in [5.74, 6) is -0.584. The van der Waals surface area contributed by atoms with E-state index in [1.807, 2.05) is 24.3 Å². The first-order valence-corrected chi connectivity index (χ1v) is 10.1. The summed E-state index contributed by atoms with van der Waals surface area (Å²) in [4.78, 5) is 28.6. The lowest BCUT2D eigenvalue weighted by Gasteiger charge is -2.10. The van der Waals surface area contributed by atoms with Crippen LogP contribution >= 0.6 is 11.3 Å². The van der Waals surface area contributed by atoms with Crippen LogP contribution in [0, 0.1) is 12.7 Å². The van der Waals surface area contributed by atoms with E-state index in [0.29, 0.717) is 22.5 Å². The smallest absolute Gasteiger partial charge is 0.347 e. The maximum atomic E-state index is 13.8. The first kappa shape index (κ1) is 22.0. The number of carboxylic acid groups (broad SMARTS) is 1. The van der Waals surface area contributed by atoms with Gasteiger partial charge in [-0.15, -0.1) is 11.3 Å². The number of para-hydroxylation sites is 1. The van der Waals surface area contributed by atoms with E-state index in [-0.39, 0.29) is 11.1 Å². The zero-order valence-corrected chi connectivity index (χ0v) is 17.6. The normalized spacial score (nSPS) is 10.3. The van der Waals surface area contributed by atoms with Crippen LogP contribution in [0.5, 0.6) is 5.75 Å². The van der Waals surface area contributed by atoms with Crippen molar-refractivity contribution in [3.8, 4) is 5.75 Å². The number of pyridine rings is 1. The second kappa shape index (κ2) is 9.86. The summed E-state index contributed by atoms with van der Waals surface area (Å²) < 4.78 is 19.0. The van der Waals surface area contributed by atoms with Gasteiger partial charge in [0.25, 0.3) is 0 Å². The molecular formula is C22H20FN3O4S. The second-order valence-electron chi connectivity index (χ2n) is 6.48. The molecule has 0 aliphatic rings. The number of nitrogens with zero attached hydrogens (tertiary/aromatic N) is 1. The molecule has 0 amide bonds. The van der Waals surface area contributed by atoms with E-state index in [0.717, 1.165) is 28.3 Å². The highest BCUT2D eigenvalue weighted by molar-refractivity contribution is 7.11. The maximum Gasteiger partial charge on any atom is 0.347 e. The number of thiazole rings is 1. The molecule has 0 saturated heterocycles. The van der Waals surface area contributed by atoms with Gasteiger partial charge in [0.05, 0.1) is 23.8 Å². The van der Waals surface area contributed by atoms with Crippen LogP contribution in [0.2, 0.25) is 0 Å². The number of fused-ring (bicyclic) bond motifs is 1. The number of anilines is 1. The standard InChI is InChI=1S/C17H15FN2O2.C5H5NO2S/c1-22-13-5-2-4-12(9-13)19-10-11-8-16(21)20-17-14(11)6-3-7-15(17)18;1-3-4(5(7)8)9-2-6-3/h2-9,19H,10H2,1H3,(H,20,21);2H,1H3,(H,7,8). The summed E-state index contributed by atoms with van der Waals surface area (Å²) in [5, 5.41) is 12.3. The van der Waals surface area contributed by atoms with Crippen molar-refractivity contribution in [2.45, 2.75) is 13.5 Å². The van der Waals surface area contributed by atoms with E-state index in [4.69, 9.17) is 9.84 Å². The summed E-state index contributed by atoms with van der Waals surface area (Å²) in [6, 6.07) is 13.7. The number of aromatic carboxylic acids is 1. The molecule has 9 heteroatoms. The van der Waals surface area contributed by atoms with Gasteiger partial charge in [-0.1, -0.05) is 18.2 Å². The number of aromatic amines is 1. The molecule has 3 N–H and O–H groups in total. The summed E-state index contributed by atoms with van der Waals surface area (Å²) in [6.45, 7) is 2.09. The minimum Gasteiger partial charge on any atom is -0.497 e. The number of carbonyl (C=O) groups is 1. The fourth-order valence-corrected chi connectivity index (χ4v) is 3.54. The molecule has 0 aliphatic heterocycles. The van der Waals surface area contributed by atoms with E-state index in [9.17, 15) is 14.0 Å². The molecule has 0 aliphatic carbocycles. The van der Waals surface area contributed by atoms with Gasteiger partial charge in [-0.3, -0.25) is 4.79 Å². The van der Waals surface area contributed by atoms with Crippen LogP contribution in [0.4, 0.5) is 10.1 Å². The number of ether oxygens (including phenoxy) is 1. The van der Waals surface area contributed by atoms with Gasteiger partial charge in [-0.05, 0) is 30.7 Å². The van der Waals surface area contributed by atoms with Crippen LogP contribution < -0.4 is 15.6 Å². The minimum absolute atomic E-state index is 0.234. The molecule has 4 rings (SSSR count). The molecule has 0 atom stereocenters. The first-order chi connectivity index (χ1) is 14.9. The highest BCUT2D eigenvalue weighted by Crippen LogP contribution is 2.21. The third-order valence-corrected chi connectivity index (χ3v) is 5.32. The zero-order valence-electron chi connectivity index (χ0n) is 16.8. The lowest BCUT2D eigenvalue weighted by Crippen LogP contribution is -2.10. The van der Waals surface area contributed by atoms with Gasteiger partial charge in [0, 0.05) is 29.8 Å². The minimum atomic E-state index is -0.894. The number of hydrogen-bond donors (Lipinski definition) is 3. The maximum absolute atomic E-state index is 13.8. The van der Waals surface area contributed by atoms with Gasteiger partial charge >= 0.3 is 5.97 Å². The lowest BCUT2D eigenvalue weighted by atomic mass is 10.1. The molecule has 0 saturated carbocycles. The summed E-state index contributed by atoms with van der Waals surface area (Å²) in [5.41, 5.74) is 3.63. The molecular weight excluding hydrogens is 421 g/mol. The Kier molecular flexibility index (Phi) is 6.99. The van der Waals surface area contributed by atoms with Gasteiger partial charge in [0.2, 0.25) is 5.56 Å². The van der Waals surface area contributed by atoms with Gasteiger partial charge in [-0.25, -0.2) is 14.2 Å². The highest BCUT2D eigenvalue weighted by Gasteiger charge is 2.08. The van der Waals surface area contributed by atoms with Crippen molar-refractivity contribution in [1.82, 2.24) is 9.97 Å². The fraction of sp³-hybridized carbons (Fsp3) is 0.136. The van der Waals surface area contributed by atoms with E-state index >= 15 is 0 Å². The summed E-state index contributed by atoms with van der Waals surface area (Å²) in [6.07, 6.45) is 0. The number of methoxy groups -OCH3 is 1. The summed E-state index contributed by atoms with van der Waals surface area (Å²) in [7, 11) is 1.60. The number of aromatic nitrogens is 2. The van der Waals surface area contributed by atoms with Crippen molar-refractivity contribution in [3.63, 3.8) is 0 Å². The number of H-pyrrole nitrogens is 1. The Hall–Kier alpha value is -3.72. The predicted molar refractivity (Wildman–Crippen MR) is 119 cm³/mol. The van der Waals surface area contributed by atoms with E-state index in [1.165, 1.54) is 17.6 Å². The molecule has 2 aromatic carbocycles. The second-order valence-corrected chi connectivity index (χ2v) is 7.33. The molecule has 4 aromatic rings. The van der Waals surface area contributed by atoms with Crippen molar-refractivity contribution >= 4 is 33.9 Å². The Morgan fingerprint density at radius 3 is 2.68 bits per heavy atom. The van der Waals surface area contributed by atoms with Crippen molar-refractivity contribution in [3.05, 3.63) is 86.3 Å². The third-order valence-electron chi connectivity index (χ3n) is 4.41. The van der Waals surface area contributed by atoms with Gasteiger partial charge in [0.15, 0.2) is 0 Å². The molecule has 2 aromatic heterocycles. The Morgan fingerprint density at radius 2 is 2.03 bits per heavy atom. The van der Waals surface area contributed by atoms with Crippen molar-refractivity contribution in [1.29, 1.82) is 0 Å². The Morgan fingerprint density at radius 1 is 1.26 bits per heavy atom. The SMILES string of the molecule is COc1cccc(NCc2cc(=O)[nH]c3c(F)cccc23)c1.Cc1ncsc1C(=O)O. The van der Waals surface area contributed by atoms with Crippen molar-refractivity contribution < 1.29 is 19.0 Å². The number of hydrogen-bond acceptors (Lipinski definition) is 6. The number of rotatable bonds is 5. The van der Waals surface area contributed by atoms with Crippen LogP contribution in [0.1, 0.15) is 20.9 Å². The van der Waals surface area contributed by atoms with E-state index < -0.39 is 11.8 Å². The van der Waals surface area contributed by atoms with Crippen LogP contribution in [-0.2, 0) is 6.54 Å². The predicted octanol–water partition coefficient (Wildman–Crippen LogP) is 4.44. The summed E-state index contributed by atoms with van der Waals surface area (Å²) >= 11 is 1.15. The molecule has 31 heavy (non-hydrogen) atoms. The fourth-order valence-electron chi connectivity index (χ4n) is 2.90. The van der Waals surface area contributed by atoms with Crippen molar-refractivity contribution in [2.75, 3.05) is 12.4 Å². The van der Waals surface area contributed by atoms with Gasteiger partial charge < -0.3 is 20.1 Å². The molecule has 160 valence electrons. The molecule has 7 nitrogen and oxygen atoms in total. The Labute approximate surface area is 181 Å². The Bertz CT molecular complexity index is 1270. The van der Waals surface area contributed by atoms with Crippen LogP contribution in [0.3, 0.4) is 0 Å². The number of carboxylic acids is 1. The monoisotopic (exact) mass is 441 g/mol. The lowest BCUT2D eigenvalue weighted by molar-refractivity contribution is 0.0701. The van der Waals surface area contributed by atoms with Crippen molar-refractivity contribution in [2.24, 2.45) is 0 Å². The van der Waals surface area contributed by atoms with Crippen LogP contribution in [0.15, 0.2) is 58.8 Å². The molecule has 2 heterocycles. The molecule has 0 bridgehead atoms. The quantitative estimate of drug-likeness (QED) is 0.423. The number of benzene rings is 2. The molecule has 0 unspecified atom stereocenters. The largest absolute Gasteiger partial charge is 0.497 e. The van der Waals surface area contributed by atoms with Crippen LogP contribution in [0.25, 0.3) is 10.9 Å². The third kappa shape index (κ3) is 5.46. The average molecular weight is 441 g/mol. The number of nitrogens with one attached hydrogen (secondary N) is 2. The van der Waals surface area contributed by atoms with Gasteiger partial charge in [0.1, 0.15) is 16.4 Å². The zero-order chi connectivity index (χ0) is 22.4. The van der Waals surface area contributed by atoms with E-state index in [1.54, 1.807) is 26.2 Å². The van der Waals surface area contributed by atoms with Crippen LogP contribution in [-0.4, -0.2) is 28.2 Å². The number of aryl methyl sites for hydroxylation is 1. The molecule has 0 radical (unpaired) electrons. The number of halogens is 1. The topological polar surface area (TPSA) is 104 Å². The average Bonchev–Trinajstić information content (AvgIpc) is 3.19. The van der Waals surface area contributed by atoms with Gasteiger partial charge in [-0.2, -0.15) is 0 Å².